The molecule has 6 nitrogen and oxygen atoms in total. The lowest BCUT2D eigenvalue weighted by Gasteiger charge is -2.32. The fraction of sp³-hybridized carbons (Fsp3) is 0.609. The number of hydrogen-bond donors (Lipinski definition) is 1. The van der Waals surface area contributed by atoms with E-state index in [0.717, 1.165) is 38.6 Å². The maximum Gasteiger partial charge on any atom is 0.157 e. The van der Waals surface area contributed by atoms with Crippen LogP contribution >= 0.6 is 0 Å². The molecule has 2 N–H and O–H groups in total. The zero-order chi connectivity index (χ0) is 21.8. The predicted octanol–water partition coefficient (Wildman–Crippen LogP) is 4.28. The Kier molecular flexibility index (Phi) is 11.2. The summed E-state index contributed by atoms with van der Waals surface area (Å²) in [6.07, 6.45) is 9.92. The first kappa shape index (κ1) is 24.8. The highest BCUT2D eigenvalue weighted by atomic mass is 16.5. The minimum atomic E-state index is 0.328. The molecule has 0 fully saturated rings. The first-order chi connectivity index (χ1) is 14.1. The van der Waals surface area contributed by atoms with Crippen molar-refractivity contribution in [2.45, 2.75) is 59.8 Å². The number of allylic oxidation sites excluding steroid dienone is 3. The van der Waals surface area contributed by atoms with Crippen LogP contribution in [-0.4, -0.2) is 50.2 Å². The van der Waals surface area contributed by atoms with Gasteiger partial charge in [-0.25, -0.2) is 5.01 Å². The number of hydrazine groups is 1. The van der Waals surface area contributed by atoms with Gasteiger partial charge in [-0.15, -0.1) is 0 Å². The molecule has 0 unspecified atom stereocenters. The Bertz CT molecular complexity index is 662. The third kappa shape index (κ3) is 6.39. The van der Waals surface area contributed by atoms with Gasteiger partial charge in [0, 0.05) is 26.3 Å². The van der Waals surface area contributed by atoms with E-state index in [1.807, 2.05) is 13.8 Å². The van der Waals surface area contributed by atoms with E-state index in [-0.39, 0.29) is 0 Å². The fourth-order valence-corrected chi connectivity index (χ4v) is 3.68. The number of aldehydes is 1. The van der Waals surface area contributed by atoms with Gasteiger partial charge in [-0.1, -0.05) is 20.8 Å². The first-order valence-corrected chi connectivity index (χ1v) is 10.7. The SMILES string of the molecule is CC.CCCN1C(C2=C(CO/C(C)=C(C=O)/C(=C\N)OC)CCCC2)=CCN1C. The maximum atomic E-state index is 11.4. The highest BCUT2D eigenvalue weighted by molar-refractivity contribution is 5.79. The molecule has 0 spiro atoms. The van der Waals surface area contributed by atoms with Crippen molar-refractivity contribution < 1.29 is 14.3 Å². The Labute approximate surface area is 176 Å². The van der Waals surface area contributed by atoms with Crippen LogP contribution in [0.1, 0.15) is 59.8 Å². The molecule has 29 heavy (non-hydrogen) atoms. The molecule has 1 aliphatic carbocycles. The van der Waals surface area contributed by atoms with Crippen LogP contribution in [-0.2, 0) is 14.3 Å². The summed E-state index contributed by atoms with van der Waals surface area (Å²) in [5.41, 5.74) is 9.94. The van der Waals surface area contributed by atoms with Gasteiger partial charge >= 0.3 is 0 Å². The lowest BCUT2D eigenvalue weighted by molar-refractivity contribution is -0.105. The third-order valence-corrected chi connectivity index (χ3v) is 5.16. The van der Waals surface area contributed by atoms with E-state index in [2.05, 4.69) is 30.1 Å². The van der Waals surface area contributed by atoms with Gasteiger partial charge in [0.2, 0.25) is 0 Å². The average molecular weight is 406 g/mol. The summed E-state index contributed by atoms with van der Waals surface area (Å²) < 4.78 is 11.1. The Hall–Kier alpha value is -2.21. The molecule has 0 saturated heterocycles. The molecular formula is C23H39N3O3. The number of methoxy groups -OCH3 is 1. The number of carbonyl (C=O) groups excluding carboxylic acids is 1. The minimum Gasteiger partial charge on any atom is -0.494 e. The molecule has 0 atom stereocenters. The van der Waals surface area contributed by atoms with Gasteiger partial charge in [-0.05, 0) is 56.3 Å². The number of nitrogens with zero attached hydrogens (tertiary/aromatic N) is 2. The van der Waals surface area contributed by atoms with Crippen molar-refractivity contribution in [1.29, 1.82) is 0 Å². The summed E-state index contributed by atoms with van der Waals surface area (Å²) in [6, 6.07) is 0. The molecule has 164 valence electrons. The van der Waals surface area contributed by atoms with Gasteiger partial charge in [0.05, 0.1) is 18.4 Å². The van der Waals surface area contributed by atoms with Crippen LogP contribution in [0.4, 0.5) is 0 Å². The molecule has 2 rings (SSSR count). The first-order valence-electron chi connectivity index (χ1n) is 10.7. The largest absolute Gasteiger partial charge is 0.494 e. The highest BCUT2D eigenvalue weighted by Crippen LogP contribution is 2.34. The van der Waals surface area contributed by atoms with Crippen LogP contribution in [0.2, 0.25) is 0 Å². The fourth-order valence-electron chi connectivity index (χ4n) is 3.68. The van der Waals surface area contributed by atoms with Crippen molar-refractivity contribution in [3.05, 3.63) is 46.2 Å². The van der Waals surface area contributed by atoms with E-state index in [4.69, 9.17) is 15.2 Å². The van der Waals surface area contributed by atoms with Crippen molar-refractivity contribution in [3.8, 4) is 0 Å². The van der Waals surface area contributed by atoms with Crippen LogP contribution in [0, 0.1) is 0 Å². The van der Waals surface area contributed by atoms with Crippen molar-refractivity contribution >= 4 is 6.29 Å². The second-order valence-corrected chi connectivity index (χ2v) is 6.95. The second kappa shape index (κ2) is 13.1. The number of hydrogen-bond acceptors (Lipinski definition) is 6. The van der Waals surface area contributed by atoms with Crippen molar-refractivity contribution in [2.75, 3.05) is 33.9 Å². The number of ether oxygens (including phenoxy) is 2. The molecular weight excluding hydrogens is 366 g/mol. The third-order valence-electron chi connectivity index (χ3n) is 5.16. The normalized spacial score (nSPS) is 18.6. The molecule has 2 aliphatic rings. The molecule has 0 aromatic carbocycles. The quantitative estimate of drug-likeness (QED) is 0.267. The number of likely N-dealkylation sites (N-methyl/N-ethyl adjacent to an activating group) is 1. The van der Waals surface area contributed by atoms with E-state index in [9.17, 15) is 4.79 Å². The van der Waals surface area contributed by atoms with E-state index in [0.29, 0.717) is 23.7 Å². The second-order valence-electron chi connectivity index (χ2n) is 6.95. The smallest absolute Gasteiger partial charge is 0.157 e. The van der Waals surface area contributed by atoms with Crippen LogP contribution in [0.3, 0.4) is 0 Å². The summed E-state index contributed by atoms with van der Waals surface area (Å²) in [4.78, 5) is 11.4. The van der Waals surface area contributed by atoms with E-state index < -0.39 is 0 Å². The number of carbonyl (C=O) groups is 1. The summed E-state index contributed by atoms with van der Waals surface area (Å²) in [5.74, 6) is 0.860. The van der Waals surface area contributed by atoms with Crippen molar-refractivity contribution in [1.82, 2.24) is 10.0 Å². The molecule has 0 aromatic rings. The zero-order valence-corrected chi connectivity index (χ0v) is 19.1. The van der Waals surface area contributed by atoms with Crippen molar-refractivity contribution in [2.24, 2.45) is 5.73 Å². The lowest BCUT2D eigenvalue weighted by Crippen LogP contribution is -2.35. The van der Waals surface area contributed by atoms with Gasteiger partial charge < -0.3 is 20.2 Å². The standard InChI is InChI=1S/C21H33N3O3.C2H6/c1-5-11-24-20(10-12-23(24)3)18-9-7-6-8-17(18)15-27-16(2)19(14-25)21(13-22)26-4;1-2/h10,13-14H,5-9,11-12,15,22H2,1-4H3;1-2H3/b19-16+,21-13+;. The Morgan fingerprint density at radius 2 is 1.97 bits per heavy atom. The molecule has 0 radical (unpaired) electrons. The van der Waals surface area contributed by atoms with Crippen LogP contribution in [0.15, 0.2) is 46.2 Å². The van der Waals surface area contributed by atoms with Crippen LogP contribution in [0.5, 0.6) is 0 Å². The van der Waals surface area contributed by atoms with Crippen LogP contribution < -0.4 is 5.73 Å². The maximum absolute atomic E-state index is 11.4. The van der Waals surface area contributed by atoms with Gasteiger partial charge in [0.1, 0.15) is 18.1 Å². The number of nitrogens with two attached hydrogens (primary N) is 1. The molecule has 0 aromatic heterocycles. The lowest BCUT2D eigenvalue weighted by atomic mass is 9.90. The molecule has 6 heteroatoms. The Balaban J connectivity index is 0.00000204. The summed E-state index contributed by atoms with van der Waals surface area (Å²) >= 11 is 0. The van der Waals surface area contributed by atoms with Gasteiger partial charge in [0.15, 0.2) is 6.29 Å². The molecule has 0 bridgehead atoms. The molecule has 0 saturated carbocycles. The molecule has 1 heterocycles. The zero-order valence-electron chi connectivity index (χ0n) is 19.1. The summed E-state index contributed by atoms with van der Waals surface area (Å²) in [5, 5.41) is 4.64. The van der Waals surface area contributed by atoms with E-state index >= 15 is 0 Å². The summed E-state index contributed by atoms with van der Waals surface area (Å²) in [7, 11) is 3.62. The highest BCUT2D eigenvalue weighted by Gasteiger charge is 2.26. The predicted molar refractivity (Wildman–Crippen MR) is 119 cm³/mol. The van der Waals surface area contributed by atoms with Gasteiger partial charge in [-0.3, -0.25) is 4.79 Å². The minimum absolute atomic E-state index is 0.328. The van der Waals surface area contributed by atoms with Crippen LogP contribution in [0.25, 0.3) is 0 Å². The Morgan fingerprint density at radius 1 is 1.28 bits per heavy atom. The monoisotopic (exact) mass is 405 g/mol. The van der Waals surface area contributed by atoms with E-state index in [1.165, 1.54) is 43.0 Å². The topological polar surface area (TPSA) is 68.0 Å². The average Bonchev–Trinajstić information content (AvgIpc) is 3.12. The number of rotatable bonds is 9. The van der Waals surface area contributed by atoms with Gasteiger partial charge in [-0.2, -0.15) is 0 Å². The van der Waals surface area contributed by atoms with Gasteiger partial charge in [0.25, 0.3) is 0 Å². The molecule has 1 aliphatic heterocycles. The Morgan fingerprint density at radius 3 is 2.55 bits per heavy atom. The summed E-state index contributed by atoms with van der Waals surface area (Å²) in [6.45, 7) is 10.4. The molecule has 0 amide bonds. The van der Waals surface area contributed by atoms with Crippen molar-refractivity contribution in [3.63, 3.8) is 0 Å². The van der Waals surface area contributed by atoms with E-state index in [1.54, 1.807) is 6.92 Å².